The average molecular weight is 445 g/mol. The van der Waals surface area contributed by atoms with Gasteiger partial charge in [-0.3, -0.25) is 4.90 Å². The molecule has 0 radical (unpaired) electrons. The molecule has 6 atom stereocenters. The van der Waals surface area contributed by atoms with Gasteiger partial charge in [-0.05, 0) is 95.1 Å². The smallest absolute Gasteiger partial charge is 0.113 e. The van der Waals surface area contributed by atoms with E-state index < -0.39 is 0 Å². The van der Waals surface area contributed by atoms with Gasteiger partial charge in [0, 0.05) is 19.1 Å². The second kappa shape index (κ2) is 12.0. The van der Waals surface area contributed by atoms with Gasteiger partial charge < -0.3 is 9.64 Å². The molecule has 0 unspecified atom stereocenters. The van der Waals surface area contributed by atoms with Crippen molar-refractivity contribution in [2.45, 2.75) is 140 Å². The number of hydrogen-bond donors (Lipinski definition) is 0. The van der Waals surface area contributed by atoms with Gasteiger partial charge in [0.1, 0.15) is 6.23 Å². The van der Waals surface area contributed by atoms with Crippen LogP contribution in [0, 0.1) is 17.8 Å². The lowest BCUT2D eigenvalue weighted by molar-refractivity contribution is -0.182. The van der Waals surface area contributed by atoms with Crippen LogP contribution < -0.4 is 0 Å². The average Bonchev–Trinajstić information content (AvgIpc) is 2.83. The molecule has 4 bridgehead atoms. The van der Waals surface area contributed by atoms with Gasteiger partial charge in [-0.15, -0.1) is 0 Å². The van der Waals surface area contributed by atoms with Crippen LogP contribution in [0.25, 0.3) is 0 Å². The SMILES string of the molecule is C1CCC[C@@H]2CCCN3CC[C@H](CCCCCC[C@@H]4CCCN5CC[C@H](CC1)C[C@H]45)O[C@H]23. The van der Waals surface area contributed by atoms with Crippen molar-refractivity contribution in [3.8, 4) is 0 Å². The maximum atomic E-state index is 6.76. The number of fused-ring (bicyclic) bond motifs is 2. The molecule has 0 aliphatic carbocycles. The number of piperidine rings is 3. The zero-order valence-electron chi connectivity index (χ0n) is 21.0. The topological polar surface area (TPSA) is 15.7 Å². The number of nitrogens with zero attached hydrogens (tertiary/aromatic N) is 2. The van der Waals surface area contributed by atoms with Crippen molar-refractivity contribution in [3.63, 3.8) is 0 Å². The summed E-state index contributed by atoms with van der Waals surface area (Å²) in [7, 11) is 0. The molecule has 0 N–H and O–H groups in total. The number of rotatable bonds is 0. The molecule has 5 rings (SSSR count). The first kappa shape index (κ1) is 23.6. The molecule has 0 aromatic rings. The third-order valence-electron chi connectivity index (χ3n) is 10.1. The predicted molar refractivity (Wildman–Crippen MR) is 134 cm³/mol. The molecule has 5 heterocycles. The van der Waals surface area contributed by atoms with Gasteiger partial charge in [0.25, 0.3) is 0 Å². The first-order valence-electron chi connectivity index (χ1n) is 15.0. The highest BCUT2D eigenvalue weighted by Gasteiger charge is 2.37. The van der Waals surface area contributed by atoms with Crippen molar-refractivity contribution in [3.05, 3.63) is 0 Å². The summed E-state index contributed by atoms with van der Waals surface area (Å²) in [4.78, 5) is 5.60. The number of hydrogen-bond acceptors (Lipinski definition) is 3. The van der Waals surface area contributed by atoms with Crippen molar-refractivity contribution >= 4 is 0 Å². The van der Waals surface area contributed by atoms with E-state index in [1.54, 1.807) is 0 Å². The zero-order valence-corrected chi connectivity index (χ0v) is 21.0. The van der Waals surface area contributed by atoms with E-state index in [0.717, 1.165) is 23.8 Å². The van der Waals surface area contributed by atoms with Crippen LogP contribution in [0.4, 0.5) is 0 Å². The van der Waals surface area contributed by atoms with Crippen LogP contribution >= 0.6 is 0 Å². The Morgan fingerprint density at radius 2 is 1.09 bits per heavy atom. The Bertz CT molecular complexity index is 505. The van der Waals surface area contributed by atoms with Crippen LogP contribution in [0.2, 0.25) is 0 Å². The van der Waals surface area contributed by atoms with Gasteiger partial charge in [0.2, 0.25) is 0 Å². The monoisotopic (exact) mass is 444 g/mol. The van der Waals surface area contributed by atoms with Crippen LogP contribution in [0.15, 0.2) is 0 Å². The Morgan fingerprint density at radius 3 is 1.94 bits per heavy atom. The maximum Gasteiger partial charge on any atom is 0.113 e. The highest BCUT2D eigenvalue weighted by atomic mass is 16.5. The highest BCUT2D eigenvalue weighted by molar-refractivity contribution is 4.90. The van der Waals surface area contributed by atoms with E-state index in [4.69, 9.17) is 4.74 Å². The van der Waals surface area contributed by atoms with E-state index in [9.17, 15) is 0 Å². The van der Waals surface area contributed by atoms with Crippen molar-refractivity contribution in [1.82, 2.24) is 9.80 Å². The fourth-order valence-electron chi connectivity index (χ4n) is 8.20. The first-order chi connectivity index (χ1) is 15.9. The Labute approximate surface area is 199 Å². The third-order valence-corrected chi connectivity index (χ3v) is 10.1. The molecular weight excluding hydrogens is 392 g/mol. The minimum atomic E-state index is 0.460. The van der Waals surface area contributed by atoms with Crippen molar-refractivity contribution in [2.75, 3.05) is 26.2 Å². The second-order valence-electron chi connectivity index (χ2n) is 12.3. The van der Waals surface area contributed by atoms with Crippen molar-refractivity contribution in [2.24, 2.45) is 17.8 Å². The normalized spacial score (nSPS) is 41.6. The standard InChI is InChI=1S/C29H52N2O/c1-2-7-13-26-15-10-20-31-22-18-27(32-29(26)31)16-8-4-3-6-12-25-14-9-19-30-21-17-24(11-5-1)23-28(25)30/h24-29H,1-23H2/t24-,25+,26+,27-,28+,29+/m0/s1. The lowest BCUT2D eigenvalue weighted by atomic mass is 9.76. The van der Waals surface area contributed by atoms with Crippen molar-refractivity contribution in [1.29, 1.82) is 0 Å². The third kappa shape index (κ3) is 6.11. The Hall–Kier alpha value is -0.120. The molecule has 184 valence electrons. The van der Waals surface area contributed by atoms with Gasteiger partial charge in [-0.2, -0.15) is 0 Å². The minimum absolute atomic E-state index is 0.460. The van der Waals surface area contributed by atoms with Gasteiger partial charge >= 0.3 is 0 Å². The predicted octanol–water partition coefficient (Wildman–Crippen LogP) is 7.00. The molecular formula is C29H52N2O. The molecule has 0 aromatic heterocycles. The van der Waals surface area contributed by atoms with Crippen LogP contribution in [0.3, 0.4) is 0 Å². The van der Waals surface area contributed by atoms with Crippen molar-refractivity contribution < 1.29 is 4.74 Å². The summed E-state index contributed by atoms with van der Waals surface area (Å²) in [5, 5.41) is 0. The first-order valence-corrected chi connectivity index (χ1v) is 15.0. The summed E-state index contributed by atoms with van der Waals surface area (Å²) in [6.45, 7) is 5.39. The molecule has 0 spiro atoms. The molecule has 0 saturated carbocycles. The van der Waals surface area contributed by atoms with E-state index in [-0.39, 0.29) is 0 Å². The van der Waals surface area contributed by atoms with Gasteiger partial charge in [0.05, 0.1) is 6.10 Å². The Morgan fingerprint density at radius 1 is 0.469 bits per heavy atom. The summed E-state index contributed by atoms with van der Waals surface area (Å²) >= 11 is 0. The minimum Gasteiger partial charge on any atom is -0.360 e. The fraction of sp³-hybridized carbons (Fsp3) is 1.00. The zero-order chi connectivity index (χ0) is 21.6. The van der Waals surface area contributed by atoms with E-state index in [1.165, 1.54) is 148 Å². The highest BCUT2D eigenvalue weighted by Crippen LogP contribution is 2.38. The van der Waals surface area contributed by atoms with Gasteiger partial charge in [0.15, 0.2) is 0 Å². The molecule has 3 nitrogen and oxygen atoms in total. The Kier molecular flexibility index (Phi) is 8.87. The van der Waals surface area contributed by atoms with Crippen LogP contribution in [0.5, 0.6) is 0 Å². The van der Waals surface area contributed by atoms with Crippen LogP contribution in [-0.2, 0) is 4.74 Å². The quantitative estimate of drug-likeness (QED) is 0.400. The second-order valence-corrected chi connectivity index (χ2v) is 12.3. The summed E-state index contributed by atoms with van der Waals surface area (Å²) < 4.78 is 6.76. The Balaban J connectivity index is 1.16. The van der Waals surface area contributed by atoms with Gasteiger partial charge in [-0.25, -0.2) is 0 Å². The van der Waals surface area contributed by atoms with E-state index in [0.29, 0.717) is 12.3 Å². The molecule has 5 aliphatic rings. The van der Waals surface area contributed by atoms with Crippen LogP contribution in [0.1, 0.15) is 122 Å². The van der Waals surface area contributed by atoms with E-state index >= 15 is 0 Å². The number of ether oxygens (including phenoxy) is 1. The molecule has 0 aromatic carbocycles. The fourth-order valence-corrected chi connectivity index (χ4v) is 8.20. The van der Waals surface area contributed by atoms with E-state index in [2.05, 4.69) is 9.80 Å². The molecule has 32 heavy (non-hydrogen) atoms. The summed E-state index contributed by atoms with van der Waals surface area (Å²) in [6, 6.07) is 0.940. The van der Waals surface area contributed by atoms with Crippen LogP contribution in [-0.4, -0.2) is 54.4 Å². The summed E-state index contributed by atoms with van der Waals surface area (Å²) in [6.07, 6.45) is 28.5. The molecule has 0 amide bonds. The molecule has 3 heteroatoms. The largest absolute Gasteiger partial charge is 0.360 e. The lowest BCUT2D eigenvalue weighted by Crippen LogP contribution is -2.52. The summed E-state index contributed by atoms with van der Waals surface area (Å²) in [5.74, 6) is 2.85. The molecule has 5 saturated heterocycles. The molecule has 5 aliphatic heterocycles. The van der Waals surface area contributed by atoms with Gasteiger partial charge in [-0.1, -0.05) is 57.8 Å². The lowest BCUT2D eigenvalue weighted by Gasteiger charge is -2.47. The molecule has 5 fully saturated rings. The summed E-state index contributed by atoms with van der Waals surface area (Å²) in [5.41, 5.74) is 0. The maximum absolute atomic E-state index is 6.76. The van der Waals surface area contributed by atoms with E-state index in [1.807, 2.05) is 0 Å².